The molecule has 0 aromatic heterocycles. The van der Waals surface area contributed by atoms with Crippen molar-refractivity contribution in [2.75, 3.05) is 0 Å². The number of rotatable bonds is 1. The van der Waals surface area contributed by atoms with Gasteiger partial charge >= 0.3 is 0 Å². The standard InChI is InChI=1S/C10H22N4/c1-9(2)5-7(13-8(11)12)6-10(3,4)14-9/h7,14H,5-6H2,1-4H3,(H4,11,12,13). The Hall–Kier alpha value is -0.770. The van der Waals surface area contributed by atoms with Crippen LogP contribution < -0.4 is 16.8 Å². The highest BCUT2D eigenvalue weighted by atomic mass is 15.1. The zero-order valence-electron chi connectivity index (χ0n) is 9.59. The quantitative estimate of drug-likeness (QED) is 0.426. The van der Waals surface area contributed by atoms with Crippen LogP contribution in [0.4, 0.5) is 0 Å². The molecule has 0 amide bonds. The van der Waals surface area contributed by atoms with Gasteiger partial charge in [0.05, 0.1) is 6.04 Å². The lowest BCUT2D eigenvalue weighted by atomic mass is 9.80. The van der Waals surface area contributed by atoms with Gasteiger partial charge in [0.25, 0.3) is 0 Å². The van der Waals surface area contributed by atoms with Gasteiger partial charge in [0, 0.05) is 11.1 Å². The summed E-state index contributed by atoms with van der Waals surface area (Å²) >= 11 is 0. The lowest BCUT2D eigenvalue weighted by molar-refractivity contribution is 0.164. The Bertz CT molecular complexity index is 223. The van der Waals surface area contributed by atoms with Crippen LogP contribution >= 0.6 is 0 Å². The maximum absolute atomic E-state index is 5.41. The SMILES string of the molecule is CC1(C)CC(N=C(N)N)CC(C)(C)N1. The Kier molecular flexibility index (Phi) is 2.76. The minimum Gasteiger partial charge on any atom is -0.370 e. The van der Waals surface area contributed by atoms with Crippen molar-refractivity contribution in [1.82, 2.24) is 5.32 Å². The predicted octanol–water partition coefficient (Wildman–Crippen LogP) is 0.569. The minimum atomic E-state index is 0.103. The summed E-state index contributed by atoms with van der Waals surface area (Å²) in [6.07, 6.45) is 1.96. The van der Waals surface area contributed by atoms with Crippen LogP contribution in [0.5, 0.6) is 0 Å². The number of guanidine groups is 1. The van der Waals surface area contributed by atoms with E-state index in [9.17, 15) is 0 Å². The van der Waals surface area contributed by atoms with Gasteiger partial charge in [0.2, 0.25) is 0 Å². The molecule has 0 aromatic rings. The van der Waals surface area contributed by atoms with Crippen molar-refractivity contribution in [2.45, 2.75) is 57.7 Å². The van der Waals surface area contributed by atoms with E-state index in [1.165, 1.54) is 0 Å². The Morgan fingerprint density at radius 2 is 1.57 bits per heavy atom. The number of nitrogens with one attached hydrogen (secondary N) is 1. The van der Waals surface area contributed by atoms with E-state index < -0.39 is 0 Å². The third kappa shape index (κ3) is 3.18. The Balaban J connectivity index is 2.77. The zero-order valence-corrected chi connectivity index (χ0v) is 9.59. The zero-order chi connectivity index (χ0) is 11.0. The number of nitrogens with two attached hydrogens (primary N) is 2. The molecule has 4 heteroatoms. The van der Waals surface area contributed by atoms with Crippen LogP contribution in [0.25, 0.3) is 0 Å². The highest BCUT2D eigenvalue weighted by molar-refractivity contribution is 5.75. The van der Waals surface area contributed by atoms with E-state index in [1.54, 1.807) is 0 Å². The van der Waals surface area contributed by atoms with Crippen LogP contribution in [-0.2, 0) is 0 Å². The summed E-state index contributed by atoms with van der Waals surface area (Å²) in [5.41, 5.74) is 11.0. The first-order chi connectivity index (χ1) is 6.20. The van der Waals surface area contributed by atoms with Crippen LogP contribution in [-0.4, -0.2) is 23.1 Å². The first kappa shape index (κ1) is 11.3. The molecule has 0 aromatic carbocycles. The highest BCUT2D eigenvalue weighted by Crippen LogP contribution is 2.30. The molecule has 0 saturated carbocycles. The van der Waals surface area contributed by atoms with Gasteiger partial charge in [-0.3, -0.25) is 4.99 Å². The molecule has 1 heterocycles. The number of hydrogen-bond acceptors (Lipinski definition) is 2. The molecule has 1 fully saturated rings. The molecule has 0 spiro atoms. The normalized spacial score (nSPS) is 25.7. The third-order valence-electron chi connectivity index (χ3n) is 2.50. The average Bonchev–Trinajstić information content (AvgIpc) is 1.74. The fourth-order valence-electron chi connectivity index (χ4n) is 2.57. The van der Waals surface area contributed by atoms with Crippen molar-refractivity contribution in [3.63, 3.8) is 0 Å². The largest absolute Gasteiger partial charge is 0.370 e. The molecule has 0 radical (unpaired) electrons. The first-order valence-electron chi connectivity index (χ1n) is 5.08. The van der Waals surface area contributed by atoms with E-state index in [1.807, 2.05) is 0 Å². The molecule has 4 nitrogen and oxygen atoms in total. The lowest BCUT2D eigenvalue weighted by Gasteiger charge is -2.45. The second-order valence-corrected chi connectivity index (χ2v) is 5.51. The van der Waals surface area contributed by atoms with E-state index >= 15 is 0 Å². The van der Waals surface area contributed by atoms with Crippen LogP contribution in [0.3, 0.4) is 0 Å². The minimum absolute atomic E-state index is 0.103. The number of hydrogen-bond donors (Lipinski definition) is 3. The molecule has 0 bridgehead atoms. The second kappa shape index (κ2) is 3.42. The first-order valence-corrected chi connectivity index (χ1v) is 5.08. The summed E-state index contributed by atoms with van der Waals surface area (Å²) in [6.45, 7) is 8.73. The van der Waals surface area contributed by atoms with E-state index in [-0.39, 0.29) is 23.1 Å². The monoisotopic (exact) mass is 198 g/mol. The van der Waals surface area contributed by atoms with Crippen LogP contribution in [0, 0.1) is 0 Å². The molecule has 1 rings (SSSR count). The molecule has 5 N–H and O–H groups in total. The van der Waals surface area contributed by atoms with Gasteiger partial charge in [-0.05, 0) is 40.5 Å². The number of nitrogens with zero attached hydrogens (tertiary/aromatic N) is 1. The van der Waals surface area contributed by atoms with E-state index in [4.69, 9.17) is 11.5 Å². The van der Waals surface area contributed by atoms with E-state index in [0.29, 0.717) is 0 Å². The molecule has 1 saturated heterocycles. The van der Waals surface area contributed by atoms with Crippen LogP contribution in [0.1, 0.15) is 40.5 Å². The Labute approximate surface area is 86.1 Å². The van der Waals surface area contributed by atoms with Gasteiger partial charge in [-0.2, -0.15) is 0 Å². The molecule has 0 unspecified atom stereocenters. The summed E-state index contributed by atoms with van der Waals surface area (Å²) < 4.78 is 0. The van der Waals surface area contributed by atoms with E-state index in [0.717, 1.165) is 12.8 Å². The predicted molar refractivity (Wildman–Crippen MR) is 60.1 cm³/mol. The van der Waals surface area contributed by atoms with Gasteiger partial charge in [-0.15, -0.1) is 0 Å². The summed E-state index contributed by atoms with van der Waals surface area (Å²) in [4.78, 5) is 4.26. The molecular formula is C10H22N4. The molecule has 1 aliphatic rings. The van der Waals surface area contributed by atoms with Crippen molar-refractivity contribution >= 4 is 5.96 Å². The smallest absolute Gasteiger partial charge is 0.186 e. The maximum atomic E-state index is 5.41. The Morgan fingerprint density at radius 3 is 1.93 bits per heavy atom. The third-order valence-corrected chi connectivity index (χ3v) is 2.50. The number of piperidine rings is 1. The van der Waals surface area contributed by atoms with Gasteiger partial charge < -0.3 is 16.8 Å². The van der Waals surface area contributed by atoms with Crippen molar-refractivity contribution in [3.8, 4) is 0 Å². The van der Waals surface area contributed by atoms with Crippen molar-refractivity contribution in [3.05, 3.63) is 0 Å². The van der Waals surface area contributed by atoms with Gasteiger partial charge in [-0.25, -0.2) is 0 Å². The summed E-state index contributed by atoms with van der Waals surface area (Å²) in [7, 11) is 0. The van der Waals surface area contributed by atoms with Gasteiger partial charge in [0.15, 0.2) is 5.96 Å². The van der Waals surface area contributed by atoms with Crippen molar-refractivity contribution in [2.24, 2.45) is 16.5 Å². The summed E-state index contributed by atoms with van der Waals surface area (Å²) in [5.74, 6) is 0.198. The summed E-state index contributed by atoms with van der Waals surface area (Å²) in [6, 6.07) is 0.242. The topological polar surface area (TPSA) is 76.4 Å². The Morgan fingerprint density at radius 1 is 1.14 bits per heavy atom. The molecule has 0 atom stereocenters. The second-order valence-electron chi connectivity index (χ2n) is 5.51. The van der Waals surface area contributed by atoms with E-state index in [2.05, 4.69) is 38.0 Å². The van der Waals surface area contributed by atoms with Gasteiger partial charge in [0.1, 0.15) is 0 Å². The maximum Gasteiger partial charge on any atom is 0.186 e. The molecular weight excluding hydrogens is 176 g/mol. The molecule has 0 aliphatic carbocycles. The van der Waals surface area contributed by atoms with Gasteiger partial charge in [-0.1, -0.05) is 0 Å². The molecule has 1 aliphatic heterocycles. The number of aliphatic imine (C=N–C) groups is 1. The van der Waals surface area contributed by atoms with Crippen LogP contribution in [0.15, 0.2) is 4.99 Å². The fraction of sp³-hybridized carbons (Fsp3) is 0.900. The highest BCUT2D eigenvalue weighted by Gasteiger charge is 2.37. The van der Waals surface area contributed by atoms with Crippen molar-refractivity contribution in [1.29, 1.82) is 0 Å². The average molecular weight is 198 g/mol. The van der Waals surface area contributed by atoms with Crippen LogP contribution in [0.2, 0.25) is 0 Å². The lowest BCUT2D eigenvalue weighted by Crippen LogP contribution is -2.59. The van der Waals surface area contributed by atoms with Crippen molar-refractivity contribution < 1.29 is 0 Å². The fourth-order valence-corrected chi connectivity index (χ4v) is 2.57. The molecule has 82 valence electrons. The summed E-state index contributed by atoms with van der Waals surface area (Å²) in [5, 5.41) is 3.58. The molecule has 14 heavy (non-hydrogen) atoms.